The Morgan fingerprint density at radius 2 is 1.61 bits per heavy atom. The lowest BCUT2D eigenvalue weighted by Crippen LogP contribution is -2.29. The lowest BCUT2D eigenvalue weighted by molar-refractivity contribution is 0.706. The lowest BCUT2D eigenvalue weighted by atomic mass is 9.92. The van der Waals surface area contributed by atoms with Crippen molar-refractivity contribution in [2.75, 3.05) is 5.32 Å². The molecule has 18 heavy (non-hydrogen) atoms. The smallest absolute Gasteiger partial charge is 0.148 e. The standard InChI is InChI=1S/C16H16N2/c1-13-8-10-14(11-9-13)16(2,12-17)18-15-6-4-3-5-7-15/h3-11,18H,1-2H3/t16-/m0/s1. The summed E-state index contributed by atoms with van der Waals surface area (Å²) < 4.78 is 0. The van der Waals surface area contributed by atoms with Crippen LogP contribution in [-0.2, 0) is 5.54 Å². The first-order chi connectivity index (χ1) is 8.64. The number of nitrogens with one attached hydrogen (secondary N) is 1. The monoisotopic (exact) mass is 236 g/mol. The van der Waals surface area contributed by atoms with Crippen LogP contribution < -0.4 is 5.32 Å². The second-order valence-corrected chi connectivity index (χ2v) is 4.59. The first kappa shape index (κ1) is 12.2. The van der Waals surface area contributed by atoms with Gasteiger partial charge in [-0.05, 0) is 31.5 Å². The molecule has 0 aliphatic heterocycles. The van der Waals surface area contributed by atoms with Gasteiger partial charge < -0.3 is 5.32 Å². The Labute approximate surface area is 108 Å². The van der Waals surface area contributed by atoms with Gasteiger partial charge in [0.1, 0.15) is 5.54 Å². The molecule has 2 aromatic rings. The third-order valence-corrected chi connectivity index (χ3v) is 3.02. The van der Waals surface area contributed by atoms with E-state index >= 15 is 0 Å². The maximum absolute atomic E-state index is 9.46. The largest absolute Gasteiger partial charge is 0.364 e. The molecular weight excluding hydrogens is 220 g/mol. The topological polar surface area (TPSA) is 35.8 Å². The van der Waals surface area contributed by atoms with Crippen LogP contribution in [0.15, 0.2) is 54.6 Å². The van der Waals surface area contributed by atoms with Crippen molar-refractivity contribution in [3.8, 4) is 6.07 Å². The van der Waals surface area contributed by atoms with Crippen molar-refractivity contribution in [1.29, 1.82) is 5.26 Å². The fourth-order valence-corrected chi connectivity index (χ4v) is 1.86. The van der Waals surface area contributed by atoms with Gasteiger partial charge in [0.25, 0.3) is 0 Å². The summed E-state index contributed by atoms with van der Waals surface area (Å²) in [4.78, 5) is 0. The second-order valence-electron chi connectivity index (χ2n) is 4.59. The second kappa shape index (κ2) is 4.93. The van der Waals surface area contributed by atoms with Crippen LogP contribution in [0.25, 0.3) is 0 Å². The molecule has 0 saturated heterocycles. The zero-order valence-electron chi connectivity index (χ0n) is 10.6. The van der Waals surface area contributed by atoms with Crippen molar-refractivity contribution < 1.29 is 0 Å². The Bertz CT molecular complexity index is 552. The summed E-state index contributed by atoms with van der Waals surface area (Å²) in [6.07, 6.45) is 0. The minimum atomic E-state index is -0.713. The number of hydrogen-bond donors (Lipinski definition) is 1. The average Bonchev–Trinajstić information content (AvgIpc) is 2.40. The first-order valence-corrected chi connectivity index (χ1v) is 5.96. The molecule has 0 aromatic heterocycles. The molecule has 0 fully saturated rings. The summed E-state index contributed by atoms with van der Waals surface area (Å²) in [6, 6.07) is 20.2. The predicted octanol–water partition coefficient (Wildman–Crippen LogP) is 3.85. The number of anilines is 1. The summed E-state index contributed by atoms with van der Waals surface area (Å²) in [7, 11) is 0. The SMILES string of the molecule is Cc1ccc([C@](C)(C#N)Nc2ccccc2)cc1. The number of benzene rings is 2. The highest BCUT2D eigenvalue weighted by atomic mass is 15.0. The zero-order valence-corrected chi connectivity index (χ0v) is 10.6. The van der Waals surface area contributed by atoms with Gasteiger partial charge in [-0.15, -0.1) is 0 Å². The van der Waals surface area contributed by atoms with Crippen LogP contribution in [0.5, 0.6) is 0 Å². The van der Waals surface area contributed by atoms with Gasteiger partial charge in [0.2, 0.25) is 0 Å². The maximum Gasteiger partial charge on any atom is 0.148 e. The highest BCUT2D eigenvalue weighted by molar-refractivity contribution is 5.50. The summed E-state index contributed by atoms with van der Waals surface area (Å²) in [5, 5.41) is 12.7. The molecule has 0 spiro atoms. The van der Waals surface area contributed by atoms with Gasteiger partial charge in [0.05, 0.1) is 6.07 Å². The van der Waals surface area contributed by atoms with E-state index in [1.165, 1.54) is 5.56 Å². The van der Waals surface area contributed by atoms with Gasteiger partial charge in [-0.3, -0.25) is 0 Å². The highest BCUT2D eigenvalue weighted by Gasteiger charge is 2.25. The van der Waals surface area contributed by atoms with Gasteiger partial charge in [-0.25, -0.2) is 0 Å². The Morgan fingerprint density at radius 1 is 1.00 bits per heavy atom. The highest BCUT2D eigenvalue weighted by Crippen LogP contribution is 2.25. The molecule has 0 aliphatic carbocycles. The van der Waals surface area contributed by atoms with Gasteiger partial charge in [0, 0.05) is 5.69 Å². The number of rotatable bonds is 3. The summed E-state index contributed by atoms with van der Waals surface area (Å²) in [5.74, 6) is 0. The molecule has 2 rings (SSSR count). The fourth-order valence-electron chi connectivity index (χ4n) is 1.86. The number of aryl methyl sites for hydroxylation is 1. The molecule has 2 heteroatoms. The van der Waals surface area contributed by atoms with E-state index in [1.54, 1.807) is 0 Å². The van der Waals surface area contributed by atoms with E-state index in [0.29, 0.717) is 0 Å². The normalized spacial score (nSPS) is 13.4. The summed E-state index contributed by atoms with van der Waals surface area (Å²) in [6.45, 7) is 3.93. The lowest BCUT2D eigenvalue weighted by Gasteiger charge is -2.25. The number of nitriles is 1. The van der Waals surface area contributed by atoms with Crippen LogP contribution in [0.3, 0.4) is 0 Å². The van der Waals surface area contributed by atoms with Crippen LogP contribution >= 0.6 is 0 Å². The number of para-hydroxylation sites is 1. The van der Waals surface area contributed by atoms with Gasteiger partial charge >= 0.3 is 0 Å². The van der Waals surface area contributed by atoms with Crippen molar-refractivity contribution in [2.45, 2.75) is 19.4 Å². The third kappa shape index (κ3) is 2.52. The summed E-state index contributed by atoms with van der Waals surface area (Å²) >= 11 is 0. The molecule has 0 amide bonds. The van der Waals surface area contributed by atoms with Crippen molar-refractivity contribution in [3.63, 3.8) is 0 Å². The molecule has 2 nitrogen and oxygen atoms in total. The quantitative estimate of drug-likeness (QED) is 0.878. The minimum Gasteiger partial charge on any atom is -0.364 e. The van der Waals surface area contributed by atoms with Crippen LogP contribution in [0, 0.1) is 18.3 Å². The van der Waals surface area contributed by atoms with Gasteiger partial charge in [0.15, 0.2) is 0 Å². The van der Waals surface area contributed by atoms with Crippen molar-refractivity contribution in [2.24, 2.45) is 0 Å². The fraction of sp³-hybridized carbons (Fsp3) is 0.188. The van der Waals surface area contributed by atoms with Crippen LogP contribution in [0.1, 0.15) is 18.1 Å². The van der Waals surface area contributed by atoms with Gasteiger partial charge in [-0.2, -0.15) is 5.26 Å². The molecule has 1 N–H and O–H groups in total. The first-order valence-electron chi connectivity index (χ1n) is 5.96. The van der Waals surface area contributed by atoms with Crippen molar-refractivity contribution in [3.05, 3.63) is 65.7 Å². The number of nitrogens with zero attached hydrogens (tertiary/aromatic N) is 1. The molecule has 0 heterocycles. The molecule has 90 valence electrons. The molecule has 0 bridgehead atoms. The van der Waals surface area contributed by atoms with Crippen LogP contribution in [0.4, 0.5) is 5.69 Å². The molecule has 0 aliphatic rings. The molecule has 1 atom stereocenters. The Morgan fingerprint density at radius 3 is 2.17 bits per heavy atom. The predicted molar refractivity (Wildman–Crippen MR) is 74.2 cm³/mol. The maximum atomic E-state index is 9.46. The third-order valence-electron chi connectivity index (χ3n) is 3.02. The zero-order chi connectivity index (χ0) is 13.0. The molecular formula is C16H16N2. The molecule has 0 saturated carbocycles. The van der Waals surface area contributed by atoms with Crippen LogP contribution in [-0.4, -0.2) is 0 Å². The number of hydrogen-bond acceptors (Lipinski definition) is 2. The Kier molecular flexibility index (Phi) is 3.34. The minimum absolute atomic E-state index is 0.713. The van der Waals surface area contributed by atoms with E-state index in [0.717, 1.165) is 11.3 Å². The van der Waals surface area contributed by atoms with E-state index in [1.807, 2.05) is 68.4 Å². The van der Waals surface area contributed by atoms with E-state index < -0.39 is 5.54 Å². The van der Waals surface area contributed by atoms with E-state index in [4.69, 9.17) is 0 Å². The Hall–Kier alpha value is -2.27. The average molecular weight is 236 g/mol. The molecule has 0 radical (unpaired) electrons. The van der Waals surface area contributed by atoms with Crippen molar-refractivity contribution in [1.82, 2.24) is 0 Å². The summed E-state index contributed by atoms with van der Waals surface area (Å²) in [5.41, 5.74) is 2.40. The van der Waals surface area contributed by atoms with Gasteiger partial charge in [-0.1, -0.05) is 48.0 Å². The van der Waals surface area contributed by atoms with E-state index in [9.17, 15) is 5.26 Å². The van der Waals surface area contributed by atoms with Crippen molar-refractivity contribution >= 4 is 5.69 Å². The van der Waals surface area contributed by atoms with Crippen LogP contribution in [0.2, 0.25) is 0 Å². The Balaban J connectivity index is 2.32. The van der Waals surface area contributed by atoms with E-state index in [-0.39, 0.29) is 0 Å². The molecule has 0 unspecified atom stereocenters. The van der Waals surface area contributed by atoms with E-state index in [2.05, 4.69) is 11.4 Å². The molecule has 2 aromatic carbocycles.